The van der Waals surface area contributed by atoms with Crippen molar-refractivity contribution < 1.29 is 23.3 Å². The van der Waals surface area contributed by atoms with Gasteiger partial charge in [0.25, 0.3) is 0 Å². The first kappa shape index (κ1) is 23.0. The third-order valence-electron chi connectivity index (χ3n) is 10.8. The predicted molar refractivity (Wildman–Crippen MR) is 263 cm³/mol. The fraction of sp³-hybridized carbons (Fsp3) is 0. The molecule has 1 aromatic heterocycles. The summed E-state index contributed by atoms with van der Waals surface area (Å²) in [6.07, 6.45) is 0. The quantitative estimate of drug-likeness (QED) is 0.141. The molecule has 0 atom stereocenters. The van der Waals surface area contributed by atoms with Crippen LogP contribution in [-0.4, -0.2) is 4.57 Å². The van der Waals surface area contributed by atoms with Gasteiger partial charge >= 0.3 is 0 Å². The lowest BCUT2D eigenvalue weighted by molar-refractivity contribution is 1.18. The predicted octanol–water partition coefficient (Wildman–Crippen LogP) is 16.6. The molecule has 0 radical (unpaired) electrons. The smallest absolute Gasteiger partial charge is 0.0645 e. The third-order valence-corrected chi connectivity index (χ3v) is 10.8. The lowest BCUT2D eigenvalue weighted by atomic mass is 9.98. The molecule has 62 heavy (non-hydrogen) atoms. The number of rotatable bonds is 9. The van der Waals surface area contributed by atoms with Crippen LogP contribution in [0.2, 0.25) is 0 Å². The van der Waals surface area contributed by atoms with Crippen molar-refractivity contribution in [3.8, 4) is 61.3 Å². The summed E-state index contributed by atoms with van der Waals surface area (Å²) < 4.78 is 158. The minimum Gasteiger partial charge on any atom is -0.310 e. The van der Waals surface area contributed by atoms with E-state index in [4.69, 9.17) is 9.60 Å². The summed E-state index contributed by atoms with van der Waals surface area (Å²) in [5.74, 6) is 0. The van der Waals surface area contributed by atoms with Crippen molar-refractivity contribution in [1.29, 1.82) is 0 Å². The Morgan fingerprint density at radius 1 is 0.323 bits per heavy atom. The molecule has 0 saturated heterocycles. The molecule has 0 aliphatic rings. The van der Waals surface area contributed by atoms with Gasteiger partial charge in [-0.3, -0.25) is 0 Å². The van der Waals surface area contributed by atoms with Crippen LogP contribution in [0.1, 0.15) is 23.3 Å². The van der Waals surface area contributed by atoms with E-state index in [0.717, 1.165) is 49.1 Å². The summed E-state index contributed by atoms with van der Waals surface area (Å²) in [6, 6.07) is 34.1. The maximum Gasteiger partial charge on any atom is 0.0645 e. The van der Waals surface area contributed by atoms with Crippen LogP contribution in [0.5, 0.6) is 0 Å². The zero-order chi connectivity index (χ0) is 56.0. The van der Waals surface area contributed by atoms with Gasteiger partial charge in [0.15, 0.2) is 0 Å². The fourth-order valence-corrected chi connectivity index (χ4v) is 7.82. The van der Waals surface area contributed by atoms with Crippen LogP contribution < -0.4 is 4.90 Å². The third kappa shape index (κ3) is 6.94. The summed E-state index contributed by atoms with van der Waals surface area (Å²) in [6.45, 7) is 0. The number of benzene rings is 10. The first-order chi connectivity index (χ1) is 37.8. The second-order valence-corrected chi connectivity index (χ2v) is 14.4. The van der Waals surface area contributed by atoms with Crippen molar-refractivity contribution in [3.05, 3.63) is 254 Å². The van der Waals surface area contributed by atoms with Gasteiger partial charge in [-0.2, -0.15) is 0 Å². The zero-order valence-electron chi connectivity index (χ0n) is 49.8. The van der Waals surface area contributed by atoms with Crippen molar-refractivity contribution in [2.75, 3.05) is 4.90 Å². The SMILES string of the molecule is [2H]c1c([2H])c([2H])c(-c2c([2H])c([2H])c(-c3c([2H])c([2H])c([2H])c([2H])c3N(c3ccc(-c4ccccc4)cc3)c3c([2H])c([2H])c(-c4ccc5c(c4)c4ccccc4n5-c4cccc(-c5ccccc5)c4)c([2H])c3[2H])c([2H])c2[2H])c([2H])c1[2H]. The van der Waals surface area contributed by atoms with Gasteiger partial charge < -0.3 is 9.47 Å². The molecule has 0 bridgehead atoms. The van der Waals surface area contributed by atoms with Gasteiger partial charge in [-0.05, 0) is 111 Å². The maximum absolute atomic E-state index is 9.85. The van der Waals surface area contributed by atoms with Crippen LogP contribution in [0, 0.1) is 0 Å². The molecule has 0 N–H and O–H groups in total. The van der Waals surface area contributed by atoms with Crippen LogP contribution in [0.15, 0.2) is 254 Å². The highest BCUT2D eigenvalue weighted by Gasteiger charge is 2.19. The fourth-order valence-electron chi connectivity index (χ4n) is 7.82. The van der Waals surface area contributed by atoms with Crippen molar-refractivity contribution in [2.45, 2.75) is 0 Å². The Morgan fingerprint density at radius 2 is 0.855 bits per heavy atom. The Bertz CT molecular complexity index is 4250. The average Bonchev–Trinajstić information content (AvgIpc) is 4.05. The van der Waals surface area contributed by atoms with E-state index in [9.17, 15) is 13.7 Å². The van der Waals surface area contributed by atoms with Gasteiger partial charge in [0, 0.05) is 33.4 Å². The normalized spacial score (nSPS) is 15.1. The van der Waals surface area contributed by atoms with E-state index in [2.05, 4.69) is 10.6 Å². The number of nitrogens with zero attached hydrogens (tertiary/aromatic N) is 2. The average molecular weight is 808 g/mol. The van der Waals surface area contributed by atoms with E-state index in [-0.39, 0.29) is 11.3 Å². The molecule has 2 nitrogen and oxygen atoms in total. The Labute approximate surface area is 386 Å². The van der Waals surface area contributed by atoms with Crippen molar-refractivity contribution in [1.82, 2.24) is 4.57 Å². The van der Waals surface area contributed by atoms with Gasteiger partial charge in [-0.25, -0.2) is 0 Å². The lowest BCUT2D eigenvalue weighted by Crippen LogP contribution is -2.11. The first-order valence-corrected chi connectivity index (χ1v) is 19.9. The van der Waals surface area contributed by atoms with Crippen molar-refractivity contribution in [2.24, 2.45) is 0 Å². The highest BCUT2D eigenvalue weighted by Crippen LogP contribution is 2.43. The van der Waals surface area contributed by atoms with Gasteiger partial charge in [0.2, 0.25) is 0 Å². The summed E-state index contributed by atoms with van der Waals surface area (Å²) in [4.78, 5) is 1.11. The molecule has 0 aliphatic heterocycles. The van der Waals surface area contributed by atoms with E-state index < -0.39 is 136 Å². The van der Waals surface area contributed by atoms with Crippen molar-refractivity contribution in [3.63, 3.8) is 0 Å². The molecule has 0 spiro atoms. The molecule has 11 aromatic rings. The molecule has 0 fully saturated rings. The van der Waals surface area contributed by atoms with E-state index in [1.54, 1.807) is 30.3 Å². The standard InChI is InChI=1S/C60H42N2/c1-4-15-43(16-5-1)46-27-29-49(30-28-46)55-23-10-12-25-58(55)61(52-36-31-47(32-37-52)44-17-6-2-7-18-44)53-38-33-48(34-39-53)51-35-40-60-57(42-51)56-24-11-13-26-59(56)62(60)54-22-14-21-50(41-54)45-19-8-3-9-20-45/h1-42H/i1D,4D,5D,10D,12D,15D,16D,23D,25D,27D,28D,29D,30D,33D,34D,38D,39D. The molecule has 1 heterocycles. The number of fused-ring (bicyclic) bond motifs is 3. The van der Waals surface area contributed by atoms with Crippen LogP contribution >= 0.6 is 0 Å². The van der Waals surface area contributed by atoms with E-state index in [0.29, 0.717) is 11.1 Å². The Balaban J connectivity index is 1.15. The van der Waals surface area contributed by atoms with Gasteiger partial charge in [-0.1, -0.05) is 194 Å². The number of aromatic nitrogens is 1. The summed E-state index contributed by atoms with van der Waals surface area (Å²) in [5.41, 5.74) is 2.92. The molecule has 0 amide bonds. The van der Waals surface area contributed by atoms with Crippen LogP contribution in [0.4, 0.5) is 17.1 Å². The van der Waals surface area contributed by atoms with Gasteiger partial charge in [0.05, 0.1) is 40.0 Å². The van der Waals surface area contributed by atoms with Crippen LogP contribution in [-0.2, 0) is 0 Å². The molecular formula is C60H42N2. The summed E-state index contributed by atoms with van der Waals surface area (Å²) in [5, 5.41) is 1.63. The van der Waals surface area contributed by atoms with E-state index in [1.165, 1.54) is 0 Å². The van der Waals surface area contributed by atoms with E-state index in [1.807, 2.05) is 115 Å². The molecule has 0 saturated carbocycles. The molecule has 0 unspecified atom stereocenters. The summed E-state index contributed by atoms with van der Waals surface area (Å²) >= 11 is 0. The molecule has 11 rings (SSSR count). The van der Waals surface area contributed by atoms with Crippen molar-refractivity contribution >= 4 is 38.9 Å². The molecule has 10 aromatic carbocycles. The summed E-state index contributed by atoms with van der Waals surface area (Å²) in [7, 11) is 0. The highest BCUT2D eigenvalue weighted by atomic mass is 15.1. The largest absolute Gasteiger partial charge is 0.310 e. The number of anilines is 3. The minimum atomic E-state index is -0.899. The monoisotopic (exact) mass is 807 g/mol. The first-order valence-electron chi connectivity index (χ1n) is 28.4. The lowest BCUT2D eigenvalue weighted by Gasteiger charge is -2.28. The number of hydrogen-bond acceptors (Lipinski definition) is 1. The Morgan fingerprint density at radius 3 is 1.61 bits per heavy atom. The topological polar surface area (TPSA) is 8.17 Å². The minimum absolute atomic E-state index is 0.0658. The number of para-hydroxylation sites is 2. The number of hydrogen-bond donors (Lipinski definition) is 0. The highest BCUT2D eigenvalue weighted by molar-refractivity contribution is 6.10. The van der Waals surface area contributed by atoms with Gasteiger partial charge in [0.1, 0.15) is 0 Å². The maximum atomic E-state index is 9.85. The van der Waals surface area contributed by atoms with Gasteiger partial charge in [-0.15, -0.1) is 0 Å². The second-order valence-electron chi connectivity index (χ2n) is 14.4. The Kier molecular flexibility index (Phi) is 5.97. The van der Waals surface area contributed by atoms with Crippen LogP contribution in [0.25, 0.3) is 83.1 Å². The van der Waals surface area contributed by atoms with Crippen LogP contribution in [0.3, 0.4) is 0 Å². The molecule has 0 aliphatic carbocycles. The molecule has 2 heteroatoms. The molecular weight excluding hydrogens is 749 g/mol. The zero-order valence-corrected chi connectivity index (χ0v) is 32.8. The Hall–Kier alpha value is -8.20. The second kappa shape index (κ2) is 16.1. The van der Waals surface area contributed by atoms with E-state index >= 15 is 0 Å². The molecule has 292 valence electrons.